The fourth-order valence-electron chi connectivity index (χ4n) is 2.93. The quantitative estimate of drug-likeness (QED) is 0.811. The average Bonchev–Trinajstić information content (AvgIpc) is 3.00. The molecule has 0 bridgehead atoms. The molecule has 4 nitrogen and oxygen atoms in total. The minimum atomic E-state index is -0.817. The molecule has 4 heteroatoms. The van der Waals surface area contributed by atoms with Crippen molar-refractivity contribution in [3.63, 3.8) is 0 Å². The molecule has 1 aromatic carbocycles. The summed E-state index contributed by atoms with van der Waals surface area (Å²) in [6, 6.07) is 9.79. The standard InChI is InChI=1S/C17H23NO3/c19-16(20)11-10-15(12-13-6-2-1-3-7-13)18-17(21)14-8-4-5-9-14/h1-3,6-7,14-15H,4-5,8-12H2,(H,18,21)(H,19,20). The van der Waals surface area contributed by atoms with Crippen LogP contribution >= 0.6 is 0 Å². The summed E-state index contributed by atoms with van der Waals surface area (Å²) in [4.78, 5) is 23.0. The minimum Gasteiger partial charge on any atom is -0.481 e. The molecule has 0 aliphatic heterocycles. The molecular formula is C17H23NO3. The summed E-state index contributed by atoms with van der Waals surface area (Å²) in [6.45, 7) is 0. The third kappa shape index (κ3) is 5.21. The van der Waals surface area contributed by atoms with Crippen LogP contribution < -0.4 is 5.32 Å². The molecule has 21 heavy (non-hydrogen) atoms. The molecule has 114 valence electrons. The molecule has 1 aromatic rings. The van der Waals surface area contributed by atoms with Crippen molar-refractivity contribution in [1.82, 2.24) is 5.32 Å². The molecule has 1 aliphatic rings. The molecule has 1 fully saturated rings. The van der Waals surface area contributed by atoms with E-state index in [9.17, 15) is 9.59 Å². The number of benzene rings is 1. The Bertz CT molecular complexity index is 466. The van der Waals surface area contributed by atoms with Crippen LogP contribution in [0.5, 0.6) is 0 Å². The number of carbonyl (C=O) groups is 2. The first-order valence-electron chi connectivity index (χ1n) is 7.71. The van der Waals surface area contributed by atoms with E-state index in [4.69, 9.17) is 5.11 Å². The lowest BCUT2D eigenvalue weighted by Crippen LogP contribution is -2.39. The maximum Gasteiger partial charge on any atom is 0.303 e. The lowest BCUT2D eigenvalue weighted by atomic mass is 10.00. The fraction of sp³-hybridized carbons (Fsp3) is 0.529. The Kier molecular flexibility index (Phi) is 5.78. The van der Waals surface area contributed by atoms with Gasteiger partial charge in [-0.05, 0) is 31.2 Å². The van der Waals surface area contributed by atoms with E-state index >= 15 is 0 Å². The van der Waals surface area contributed by atoms with Gasteiger partial charge in [0, 0.05) is 18.4 Å². The maximum atomic E-state index is 12.2. The van der Waals surface area contributed by atoms with Gasteiger partial charge in [-0.1, -0.05) is 43.2 Å². The van der Waals surface area contributed by atoms with Crippen LogP contribution in [-0.4, -0.2) is 23.0 Å². The van der Waals surface area contributed by atoms with Crippen LogP contribution in [-0.2, 0) is 16.0 Å². The van der Waals surface area contributed by atoms with Crippen LogP contribution in [0.2, 0.25) is 0 Å². The highest BCUT2D eigenvalue weighted by Gasteiger charge is 2.24. The molecule has 1 atom stereocenters. The van der Waals surface area contributed by atoms with Gasteiger partial charge in [0.25, 0.3) is 0 Å². The Morgan fingerprint density at radius 2 is 1.86 bits per heavy atom. The predicted octanol–water partition coefficient (Wildman–Crippen LogP) is 2.77. The van der Waals surface area contributed by atoms with Gasteiger partial charge < -0.3 is 10.4 Å². The summed E-state index contributed by atoms with van der Waals surface area (Å²) in [6.07, 6.45) is 5.41. The highest BCUT2D eigenvalue weighted by atomic mass is 16.4. The monoisotopic (exact) mass is 289 g/mol. The summed E-state index contributed by atoms with van der Waals surface area (Å²) >= 11 is 0. The molecule has 0 saturated heterocycles. The second kappa shape index (κ2) is 7.81. The number of hydrogen-bond acceptors (Lipinski definition) is 2. The van der Waals surface area contributed by atoms with Crippen molar-refractivity contribution in [2.24, 2.45) is 5.92 Å². The van der Waals surface area contributed by atoms with Gasteiger partial charge in [0.2, 0.25) is 5.91 Å². The molecule has 0 radical (unpaired) electrons. The van der Waals surface area contributed by atoms with E-state index < -0.39 is 5.97 Å². The zero-order valence-electron chi connectivity index (χ0n) is 12.3. The number of carboxylic acids is 1. The smallest absolute Gasteiger partial charge is 0.303 e. The molecule has 1 saturated carbocycles. The molecule has 1 unspecified atom stereocenters. The molecule has 0 heterocycles. The molecule has 2 rings (SSSR count). The zero-order valence-corrected chi connectivity index (χ0v) is 12.3. The first-order chi connectivity index (χ1) is 10.1. The normalized spacial score (nSPS) is 16.6. The van der Waals surface area contributed by atoms with Gasteiger partial charge in [-0.3, -0.25) is 9.59 Å². The van der Waals surface area contributed by atoms with Crippen molar-refractivity contribution in [3.05, 3.63) is 35.9 Å². The summed E-state index contributed by atoms with van der Waals surface area (Å²) in [7, 11) is 0. The van der Waals surface area contributed by atoms with Gasteiger partial charge in [0.15, 0.2) is 0 Å². The third-order valence-electron chi connectivity index (χ3n) is 4.10. The second-order valence-electron chi connectivity index (χ2n) is 5.81. The van der Waals surface area contributed by atoms with Gasteiger partial charge in [0.1, 0.15) is 0 Å². The van der Waals surface area contributed by atoms with Gasteiger partial charge in [-0.2, -0.15) is 0 Å². The number of aliphatic carboxylic acids is 1. The highest BCUT2D eigenvalue weighted by molar-refractivity contribution is 5.79. The van der Waals surface area contributed by atoms with E-state index in [0.29, 0.717) is 12.8 Å². The largest absolute Gasteiger partial charge is 0.481 e. The van der Waals surface area contributed by atoms with E-state index in [-0.39, 0.29) is 24.3 Å². The number of carboxylic acid groups (broad SMARTS) is 1. The Labute approximate surface area is 125 Å². The highest BCUT2D eigenvalue weighted by Crippen LogP contribution is 2.25. The molecule has 0 spiro atoms. The third-order valence-corrected chi connectivity index (χ3v) is 4.10. The number of rotatable bonds is 7. The first kappa shape index (κ1) is 15.5. The SMILES string of the molecule is O=C(O)CCC(Cc1ccccc1)NC(=O)C1CCCC1. The number of hydrogen-bond donors (Lipinski definition) is 2. The van der Waals surface area contributed by atoms with Crippen molar-refractivity contribution < 1.29 is 14.7 Å². The van der Waals surface area contributed by atoms with Crippen molar-refractivity contribution in [1.29, 1.82) is 0 Å². The summed E-state index contributed by atoms with van der Waals surface area (Å²) in [5, 5.41) is 11.9. The second-order valence-corrected chi connectivity index (χ2v) is 5.81. The Morgan fingerprint density at radius 1 is 1.19 bits per heavy atom. The Morgan fingerprint density at radius 3 is 2.48 bits per heavy atom. The predicted molar refractivity (Wildman–Crippen MR) is 80.9 cm³/mol. The van der Waals surface area contributed by atoms with Crippen molar-refractivity contribution in [2.45, 2.75) is 51.0 Å². The number of carbonyl (C=O) groups excluding carboxylic acids is 1. The van der Waals surface area contributed by atoms with Crippen molar-refractivity contribution in [2.75, 3.05) is 0 Å². The van der Waals surface area contributed by atoms with Crippen molar-refractivity contribution >= 4 is 11.9 Å². The Balaban J connectivity index is 1.94. The molecule has 2 N–H and O–H groups in total. The van der Waals surface area contributed by atoms with Crippen LogP contribution in [0.4, 0.5) is 0 Å². The zero-order chi connectivity index (χ0) is 15.1. The maximum absolute atomic E-state index is 12.2. The van der Waals surface area contributed by atoms with Gasteiger partial charge in [-0.15, -0.1) is 0 Å². The van der Waals surface area contributed by atoms with E-state index in [0.717, 1.165) is 31.2 Å². The molecular weight excluding hydrogens is 266 g/mol. The molecule has 1 aliphatic carbocycles. The minimum absolute atomic E-state index is 0.0858. The Hall–Kier alpha value is -1.84. The van der Waals surface area contributed by atoms with E-state index in [1.54, 1.807) is 0 Å². The summed E-state index contributed by atoms with van der Waals surface area (Å²) in [5.41, 5.74) is 1.12. The average molecular weight is 289 g/mol. The van der Waals surface area contributed by atoms with Gasteiger partial charge in [0.05, 0.1) is 0 Å². The van der Waals surface area contributed by atoms with E-state index in [2.05, 4.69) is 5.32 Å². The van der Waals surface area contributed by atoms with Crippen LogP contribution in [0.1, 0.15) is 44.1 Å². The lowest BCUT2D eigenvalue weighted by Gasteiger charge is -2.20. The number of nitrogens with one attached hydrogen (secondary N) is 1. The van der Waals surface area contributed by atoms with Gasteiger partial charge >= 0.3 is 5.97 Å². The molecule has 0 aromatic heterocycles. The van der Waals surface area contributed by atoms with E-state index in [1.165, 1.54) is 0 Å². The summed E-state index contributed by atoms with van der Waals surface area (Å²) < 4.78 is 0. The van der Waals surface area contributed by atoms with Crippen LogP contribution in [0, 0.1) is 5.92 Å². The van der Waals surface area contributed by atoms with Crippen LogP contribution in [0.15, 0.2) is 30.3 Å². The summed E-state index contributed by atoms with van der Waals surface area (Å²) in [5.74, 6) is -0.602. The topological polar surface area (TPSA) is 66.4 Å². The molecule has 1 amide bonds. The first-order valence-corrected chi connectivity index (χ1v) is 7.71. The lowest BCUT2D eigenvalue weighted by molar-refractivity contribution is -0.137. The fourth-order valence-corrected chi connectivity index (χ4v) is 2.93. The number of amides is 1. The van der Waals surface area contributed by atoms with Gasteiger partial charge in [-0.25, -0.2) is 0 Å². The van der Waals surface area contributed by atoms with Crippen molar-refractivity contribution in [3.8, 4) is 0 Å². The van der Waals surface area contributed by atoms with Crippen LogP contribution in [0.25, 0.3) is 0 Å². The van der Waals surface area contributed by atoms with E-state index in [1.807, 2.05) is 30.3 Å². The van der Waals surface area contributed by atoms with Crippen LogP contribution in [0.3, 0.4) is 0 Å².